The molecule has 2 aliphatic rings. The summed E-state index contributed by atoms with van der Waals surface area (Å²) in [6, 6.07) is 16.2. The number of hydrogen-bond acceptors (Lipinski definition) is 13. The first-order chi connectivity index (χ1) is 30.6. The second-order valence-corrected chi connectivity index (χ2v) is 14.4. The van der Waals surface area contributed by atoms with Gasteiger partial charge in [-0.15, -0.1) is 0 Å². The van der Waals surface area contributed by atoms with E-state index in [0.717, 1.165) is 11.6 Å². The molecule has 64 heavy (non-hydrogen) atoms. The van der Waals surface area contributed by atoms with E-state index in [0.29, 0.717) is 65.5 Å². The number of nitrogens with one attached hydrogen (secondary N) is 2. The topological polar surface area (TPSA) is 192 Å². The molecule has 17 nitrogen and oxygen atoms in total. The van der Waals surface area contributed by atoms with Crippen LogP contribution in [0.5, 0.6) is 11.5 Å². The Kier molecular flexibility index (Phi) is 16.4. The van der Waals surface area contributed by atoms with Crippen molar-refractivity contribution >= 4 is 58.6 Å². The minimum atomic E-state index is -4.93. The monoisotopic (exact) mass is 909 g/mol. The largest absolute Gasteiger partial charge is 0.497 e. The molecule has 0 spiro atoms. The van der Waals surface area contributed by atoms with E-state index >= 15 is 0 Å². The third kappa shape index (κ3) is 11.9. The van der Waals surface area contributed by atoms with Crippen molar-refractivity contribution in [3.63, 3.8) is 0 Å². The summed E-state index contributed by atoms with van der Waals surface area (Å²) in [4.78, 5) is 63.8. The number of aromatic nitrogens is 2. The van der Waals surface area contributed by atoms with E-state index in [1.165, 1.54) is 22.9 Å². The number of amides is 4. The van der Waals surface area contributed by atoms with Gasteiger partial charge >= 0.3 is 30.2 Å². The molecular weight excluding hydrogens is 863 g/mol. The number of esters is 2. The van der Waals surface area contributed by atoms with E-state index in [9.17, 15) is 37.6 Å². The van der Waals surface area contributed by atoms with Gasteiger partial charge in [-0.05, 0) is 68.8 Å². The summed E-state index contributed by atoms with van der Waals surface area (Å²) in [5.41, 5.74) is -0.0610. The molecule has 0 bridgehead atoms. The maximum absolute atomic E-state index is 13.6. The predicted molar refractivity (Wildman–Crippen MR) is 231 cm³/mol. The van der Waals surface area contributed by atoms with Crippen LogP contribution in [0.4, 0.5) is 45.8 Å². The van der Waals surface area contributed by atoms with Gasteiger partial charge in [0.25, 0.3) is 0 Å². The number of methoxy groups -OCH3 is 2. The van der Waals surface area contributed by atoms with Crippen LogP contribution in [-0.4, -0.2) is 124 Å². The number of nitriles is 1. The Morgan fingerprint density at radius 2 is 1.36 bits per heavy atom. The van der Waals surface area contributed by atoms with Gasteiger partial charge in [0, 0.05) is 64.2 Å². The zero-order valence-corrected chi connectivity index (χ0v) is 36.5. The molecule has 4 amide bonds. The molecule has 0 unspecified atom stereocenters. The van der Waals surface area contributed by atoms with Crippen LogP contribution in [0.3, 0.4) is 0 Å². The second-order valence-electron chi connectivity index (χ2n) is 14.0. The maximum atomic E-state index is 13.6. The first kappa shape index (κ1) is 48.0. The third-order valence-corrected chi connectivity index (χ3v) is 10.3. The fourth-order valence-electron chi connectivity index (χ4n) is 6.68. The normalized spacial score (nSPS) is 13.8. The van der Waals surface area contributed by atoms with Crippen LogP contribution in [-0.2, 0) is 15.7 Å². The molecule has 2 N–H and O–H groups in total. The molecule has 4 aromatic rings. The molecule has 0 aliphatic carbocycles. The van der Waals surface area contributed by atoms with Crippen LogP contribution < -0.4 is 29.9 Å². The quantitative estimate of drug-likeness (QED) is 0.153. The number of piperazine rings is 2. The summed E-state index contributed by atoms with van der Waals surface area (Å²) in [5.74, 6) is -0.000303. The van der Waals surface area contributed by atoms with Crippen LogP contribution in [0.15, 0.2) is 60.8 Å². The van der Waals surface area contributed by atoms with Gasteiger partial charge in [-0.2, -0.15) is 18.4 Å². The van der Waals surface area contributed by atoms with Crippen LogP contribution >= 0.6 is 11.6 Å². The summed E-state index contributed by atoms with van der Waals surface area (Å²) < 4.78 is 61.0. The molecule has 0 atom stereocenters. The Balaban J connectivity index is 0.000000245. The van der Waals surface area contributed by atoms with Gasteiger partial charge in [-0.3, -0.25) is 0 Å². The van der Waals surface area contributed by atoms with Gasteiger partial charge in [0.1, 0.15) is 29.2 Å². The van der Waals surface area contributed by atoms with E-state index in [2.05, 4.69) is 20.6 Å². The number of ether oxygens (including phenoxy) is 4. The highest BCUT2D eigenvalue weighted by Crippen LogP contribution is 2.35. The average Bonchev–Trinajstić information content (AvgIpc) is 3.29. The van der Waals surface area contributed by atoms with Crippen LogP contribution in [0.25, 0.3) is 0 Å². The first-order valence-electron chi connectivity index (χ1n) is 20.0. The zero-order valence-electron chi connectivity index (χ0n) is 35.8. The van der Waals surface area contributed by atoms with Crippen molar-refractivity contribution in [2.75, 3.05) is 100 Å². The first-order valence-corrected chi connectivity index (χ1v) is 20.4. The van der Waals surface area contributed by atoms with Crippen molar-refractivity contribution in [1.29, 1.82) is 5.26 Å². The lowest BCUT2D eigenvalue weighted by atomic mass is 10.1. The third-order valence-electron chi connectivity index (χ3n) is 9.98. The van der Waals surface area contributed by atoms with Crippen LogP contribution in [0, 0.1) is 18.3 Å². The smallest absolute Gasteiger partial charge is 0.434 e. The number of urea groups is 2. The molecule has 2 aromatic heterocycles. The number of nitrogens with zero attached hydrogens (tertiary/aromatic N) is 7. The van der Waals surface area contributed by atoms with Crippen molar-refractivity contribution in [1.82, 2.24) is 19.8 Å². The number of carbonyl (C=O) groups excluding carboxylic acids is 4. The molecular formula is C43H47ClF3N9O8. The minimum absolute atomic E-state index is 0.125. The Morgan fingerprint density at radius 1 is 0.781 bits per heavy atom. The van der Waals surface area contributed by atoms with E-state index in [1.54, 1.807) is 62.4 Å². The summed E-state index contributed by atoms with van der Waals surface area (Å²) in [7, 11) is 3.11. The summed E-state index contributed by atoms with van der Waals surface area (Å²) in [6.07, 6.45) is -3.47. The molecule has 21 heteroatoms. The maximum Gasteiger partial charge on any atom is 0.434 e. The molecule has 0 saturated carbocycles. The fourth-order valence-corrected chi connectivity index (χ4v) is 6.97. The summed E-state index contributed by atoms with van der Waals surface area (Å²) >= 11 is 6.33. The number of anilines is 4. The van der Waals surface area contributed by atoms with E-state index in [4.69, 9.17) is 30.5 Å². The van der Waals surface area contributed by atoms with Crippen molar-refractivity contribution in [2.45, 2.75) is 26.9 Å². The number of para-hydroxylation sites is 2. The van der Waals surface area contributed by atoms with E-state index in [-0.39, 0.29) is 62.8 Å². The number of hydrogen-bond donors (Lipinski definition) is 2. The van der Waals surface area contributed by atoms with Crippen molar-refractivity contribution in [2.24, 2.45) is 0 Å². The summed E-state index contributed by atoms with van der Waals surface area (Å²) in [6.45, 7) is 8.03. The Hall–Kier alpha value is -7.01. The molecule has 2 fully saturated rings. The zero-order chi connectivity index (χ0) is 46.6. The minimum Gasteiger partial charge on any atom is -0.497 e. The fraction of sp³-hybridized carbons (Fsp3) is 0.372. The Bertz CT molecular complexity index is 2370. The van der Waals surface area contributed by atoms with Crippen molar-refractivity contribution in [3.05, 3.63) is 93.8 Å². The van der Waals surface area contributed by atoms with Gasteiger partial charge < -0.3 is 49.2 Å². The highest BCUT2D eigenvalue weighted by molar-refractivity contribution is 6.33. The van der Waals surface area contributed by atoms with E-state index < -0.39 is 29.4 Å². The number of alkyl halides is 3. The highest BCUT2D eigenvalue weighted by atomic mass is 35.5. The van der Waals surface area contributed by atoms with E-state index in [1.807, 2.05) is 30.0 Å². The van der Waals surface area contributed by atoms with Crippen molar-refractivity contribution in [3.8, 4) is 17.6 Å². The molecule has 4 heterocycles. The number of rotatable bonds is 10. The molecule has 6 rings (SSSR count). The lowest BCUT2D eigenvalue weighted by Gasteiger charge is -2.36. The average molecular weight is 910 g/mol. The molecule has 0 radical (unpaired) electrons. The molecule has 2 saturated heterocycles. The number of carbonyl (C=O) groups is 4. The van der Waals surface area contributed by atoms with Gasteiger partial charge in [0.05, 0.1) is 54.8 Å². The van der Waals surface area contributed by atoms with Crippen molar-refractivity contribution < 1.29 is 51.3 Å². The summed E-state index contributed by atoms with van der Waals surface area (Å²) in [5, 5.41) is 15.6. The van der Waals surface area contributed by atoms with Gasteiger partial charge in [-0.1, -0.05) is 23.7 Å². The second kappa shape index (κ2) is 21.9. The standard InChI is InChI=1S/C23H24F3N5O4.C20H23ClN4O4/c1-4-35-21(32)17-12-15(13-27)20(29-19(17)23(24,25)26)30-7-9-31(10-8-30)22(33)28-18-6-5-16(34-3)11-14(18)2;1-3-29-19(26)14-12-15(21)18(22-13-14)24-8-10-25(11-9-24)20(27)23-16-6-4-5-7-17(16)28-2/h5-6,11-12H,4,7-10H2,1-3H3,(H,28,33);4-7,12-13H,3,8-11H2,1-2H3,(H,23,27). The van der Waals surface area contributed by atoms with Gasteiger partial charge in [0.2, 0.25) is 0 Å². The van der Waals surface area contributed by atoms with Gasteiger partial charge in [0.15, 0.2) is 5.69 Å². The lowest BCUT2D eigenvalue weighted by Crippen LogP contribution is -2.50. The molecule has 340 valence electrons. The number of pyridine rings is 2. The lowest BCUT2D eigenvalue weighted by molar-refractivity contribution is -0.141. The SMILES string of the molecule is CCOC(=O)c1cc(C#N)c(N2CCN(C(=O)Nc3ccc(OC)cc3C)CC2)nc1C(F)(F)F.CCOC(=O)c1cnc(N2CCN(C(=O)Nc3ccccc3OC)CC2)c(Cl)c1. The van der Waals surface area contributed by atoms with Crippen LogP contribution in [0.1, 0.15) is 51.4 Å². The van der Waals surface area contributed by atoms with Gasteiger partial charge in [-0.25, -0.2) is 29.1 Å². The number of benzene rings is 2. The molecule has 2 aliphatic heterocycles. The predicted octanol–water partition coefficient (Wildman–Crippen LogP) is 7.09. The number of aryl methyl sites for hydroxylation is 1. The Morgan fingerprint density at radius 3 is 1.89 bits per heavy atom. The molecule has 2 aromatic carbocycles. The highest BCUT2D eigenvalue weighted by Gasteiger charge is 2.40. The number of halogens is 4. The van der Waals surface area contributed by atoms with Crippen LogP contribution in [0.2, 0.25) is 5.02 Å². The Labute approximate surface area is 372 Å².